The van der Waals surface area contributed by atoms with Crippen LogP contribution in [-0.4, -0.2) is 37.4 Å². The molecule has 0 aliphatic rings. The highest BCUT2D eigenvalue weighted by molar-refractivity contribution is 5.94. The molecule has 0 aliphatic heterocycles. The van der Waals surface area contributed by atoms with E-state index in [4.69, 9.17) is 18.7 Å². The van der Waals surface area contributed by atoms with E-state index in [2.05, 4.69) is 15.5 Å². The summed E-state index contributed by atoms with van der Waals surface area (Å²) in [5.74, 6) is 0.946. The van der Waals surface area contributed by atoms with E-state index < -0.39 is 17.6 Å². The van der Waals surface area contributed by atoms with Crippen LogP contribution >= 0.6 is 0 Å². The number of alkyl halides is 3. The van der Waals surface area contributed by atoms with Crippen molar-refractivity contribution in [3.8, 4) is 28.6 Å². The van der Waals surface area contributed by atoms with Crippen LogP contribution < -0.4 is 19.5 Å². The zero-order valence-electron chi connectivity index (χ0n) is 16.7. The van der Waals surface area contributed by atoms with Gasteiger partial charge in [0, 0.05) is 11.1 Å². The Balaban J connectivity index is 1.71. The van der Waals surface area contributed by atoms with Crippen LogP contribution in [0.2, 0.25) is 0 Å². The Kier molecular flexibility index (Phi) is 6.33. The molecular formula is C20H18F3N3O5. The van der Waals surface area contributed by atoms with Crippen molar-refractivity contribution in [3.63, 3.8) is 0 Å². The molecule has 0 fully saturated rings. The number of carbonyl (C=O) groups is 1. The quantitative estimate of drug-likeness (QED) is 0.602. The van der Waals surface area contributed by atoms with Gasteiger partial charge in [-0.1, -0.05) is 5.16 Å². The number of nitrogens with zero attached hydrogens (tertiary/aromatic N) is 2. The number of hydrogen-bond donors (Lipinski definition) is 1. The molecule has 0 aliphatic carbocycles. The molecule has 11 heteroatoms. The molecule has 0 radical (unpaired) electrons. The highest BCUT2D eigenvalue weighted by atomic mass is 19.4. The predicted molar refractivity (Wildman–Crippen MR) is 102 cm³/mol. The molecule has 31 heavy (non-hydrogen) atoms. The van der Waals surface area contributed by atoms with Gasteiger partial charge in [0.05, 0.1) is 33.4 Å². The maximum absolute atomic E-state index is 12.6. The maximum Gasteiger partial charge on any atom is 0.416 e. The molecule has 3 rings (SSSR count). The lowest BCUT2D eigenvalue weighted by atomic mass is 10.1. The summed E-state index contributed by atoms with van der Waals surface area (Å²) in [6.07, 6.45) is -4.47. The SMILES string of the molecule is COc1cc(-c2noc(CNC(=O)c3ccc(C(F)(F)F)cc3)n2)cc(OC)c1OC. The fourth-order valence-corrected chi connectivity index (χ4v) is 2.72. The van der Waals surface area contributed by atoms with Gasteiger partial charge in [0.1, 0.15) is 0 Å². The second-order valence-electron chi connectivity index (χ2n) is 6.18. The van der Waals surface area contributed by atoms with Gasteiger partial charge in [-0.05, 0) is 36.4 Å². The van der Waals surface area contributed by atoms with Gasteiger partial charge in [-0.2, -0.15) is 18.2 Å². The Labute approximate surface area is 174 Å². The summed E-state index contributed by atoms with van der Waals surface area (Å²) in [6.45, 7) is -0.114. The first-order valence-electron chi connectivity index (χ1n) is 8.85. The molecular weight excluding hydrogens is 419 g/mol. The van der Waals surface area contributed by atoms with Crippen LogP contribution in [0.4, 0.5) is 13.2 Å². The number of amides is 1. The molecule has 0 atom stereocenters. The minimum Gasteiger partial charge on any atom is -0.493 e. The molecule has 0 bridgehead atoms. The van der Waals surface area contributed by atoms with Gasteiger partial charge >= 0.3 is 6.18 Å². The van der Waals surface area contributed by atoms with E-state index in [0.29, 0.717) is 22.8 Å². The van der Waals surface area contributed by atoms with Gasteiger partial charge in [-0.3, -0.25) is 4.79 Å². The summed E-state index contributed by atoms with van der Waals surface area (Å²) in [5.41, 5.74) is -0.244. The first-order valence-corrected chi connectivity index (χ1v) is 8.85. The highest BCUT2D eigenvalue weighted by Crippen LogP contribution is 2.40. The first kappa shape index (κ1) is 21.9. The molecule has 1 heterocycles. The van der Waals surface area contributed by atoms with Gasteiger partial charge in [0.2, 0.25) is 17.5 Å². The fraction of sp³-hybridized carbons (Fsp3) is 0.250. The van der Waals surface area contributed by atoms with Crippen LogP contribution in [0.1, 0.15) is 21.8 Å². The molecule has 2 aromatic carbocycles. The van der Waals surface area contributed by atoms with Crippen LogP contribution in [0.15, 0.2) is 40.9 Å². The number of benzene rings is 2. The second kappa shape index (κ2) is 8.94. The molecule has 1 amide bonds. The number of carbonyl (C=O) groups excluding carboxylic acids is 1. The number of nitrogens with one attached hydrogen (secondary N) is 1. The van der Waals surface area contributed by atoms with Crippen molar-refractivity contribution < 1.29 is 36.7 Å². The summed E-state index contributed by atoms with van der Waals surface area (Å²) < 4.78 is 58.8. The van der Waals surface area contributed by atoms with Crippen molar-refractivity contribution in [2.45, 2.75) is 12.7 Å². The molecule has 1 N–H and O–H groups in total. The van der Waals surface area contributed by atoms with E-state index in [1.54, 1.807) is 12.1 Å². The summed E-state index contributed by atoms with van der Waals surface area (Å²) in [5, 5.41) is 6.38. The normalized spacial score (nSPS) is 11.2. The third-order valence-corrected chi connectivity index (χ3v) is 4.27. The number of methoxy groups -OCH3 is 3. The average Bonchev–Trinajstić information content (AvgIpc) is 3.25. The van der Waals surface area contributed by atoms with E-state index in [0.717, 1.165) is 24.3 Å². The van der Waals surface area contributed by atoms with Gasteiger partial charge in [0.15, 0.2) is 11.5 Å². The Bertz CT molecular complexity index is 1040. The van der Waals surface area contributed by atoms with Crippen molar-refractivity contribution in [1.82, 2.24) is 15.5 Å². The predicted octanol–water partition coefficient (Wildman–Crippen LogP) is 3.71. The number of aromatic nitrogens is 2. The molecule has 0 unspecified atom stereocenters. The van der Waals surface area contributed by atoms with Crippen molar-refractivity contribution in [2.24, 2.45) is 0 Å². The molecule has 0 spiro atoms. The van der Waals surface area contributed by atoms with Crippen LogP contribution in [0.25, 0.3) is 11.4 Å². The van der Waals surface area contributed by atoms with Crippen molar-refractivity contribution in [2.75, 3.05) is 21.3 Å². The molecule has 1 aromatic heterocycles. The third-order valence-electron chi connectivity index (χ3n) is 4.27. The van der Waals surface area contributed by atoms with E-state index in [9.17, 15) is 18.0 Å². The summed E-state index contributed by atoms with van der Waals surface area (Å²) >= 11 is 0. The minimum absolute atomic E-state index is 0.0670. The minimum atomic E-state index is -4.47. The van der Waals surface area contributed by atoms with Gasteiger partial charge in [-0.15, -0.1) is 0 Å². The standard InChI is InChI=1S/C20H18F3N3O5/c1-28-14-8-12(9-15(29-2)17(14)30-3)18-25-16(31-26-18)10-24-19(27)11-4-6-13(7-5-11)20(21,22)23/h4-9H,10H2,1-3H3,(H,24,27). The largest absolute Gasteiger partial charge is 0.493 e. The van der Waals surface area contributed by atoms with Gasteiger partial charge < -0.3 is 24.1 Å². The van der Waals surface area contributed by atoms with E-state index in [-0.39, 0.29) is 23.8 Å². The van der Waals surface area contributed by atoms with E-state index in [1.807, 2.05) is 0 Å². The van der Waals surface area contributed by atoms with E-state index in [1.165, 1.54) is 21.3 Å². The highest BCUT2D eigenvalue weighted by Gasteiger charge is 2.30. The number of ether oxygens (including phenoxy) is 3. The molecule has 164 valence electrons. The van der Waals surface area contributed by atoms with Crippen LogP contribution in [0.5, 0.6) is 17.2 Å². The number of hydrogen-bond acceptors (Lipinski definition) is 7. The van der Waals surface area contributed by atoms with Crippen molar-refractivity contribution in [3.05, 3.63) is 53.4 Å². The summed E-state index contributed by atoms with van der Waals surface area (Å²) in [7, 11) is 4.42. The topological polar surface area (TPSA) is 95.7 Å². The second-order valence-corrected chi connectivity index (χ2v) is 6.18. The summed E-state index contributed by atoms with van der Waals surface area (Å²) in [4.78, 5) is 16.4. The number of rotatable bonds is 7. The monoisotopic (exact) mass is 437 g/mol. The Morgan fingerprint density at radius 1 is 1.03 bits per heavy atom. The van der Waals surface area contributed by atoms with Crippen molar-refractivity contribution >= 4 is 5.91 Å². The Hall–Kier alpha value is -3.76. The van der Waals surface area contributed by atoms with Crippen LogP contribution in [0.3, 0.4) is 0 Å². The first-order chi connectivity index (χ1) is 14.8. The van der Waals surface area contributed by atoms with E-state index >= 15 is 0 Å². The zero-order chi connectivity index (χ0) is 22.6. The smallest absolute Gasteiger partial charge is 0.416 e. The molecule has 8 nitrogen and oxygen atoms in total. The Morgan fingerprint density at radius 3 is 2.16 bits per heavy atom. The zero-order valence-corrected chi connectivity index (χ0v) is 16.7. The number of halogens is 3. The van der Waals surface area contributed by atoms with Gasteiger partial charge in [-0.25, -0.2) is 0 Å². The van der Waals surface area contributed by atoms with Crippen LogP contribution in [0, 0.1) is 0 Å². The molecule has 0 saturated heterocycles. The molecule has 0 saturated carbocycles. The summed E-state index contributed by atoms with van der Waals surface area (Å²) in [6, 6.07) is 7.13. The lowest BCUT2D eigenvalue weighted by Crippen LogP contribution is -2.23. The maximum atomic E-state index is 12.6. The van der Waals surface area contributed by atoms with Gasteiger partial charge in [0.25, 0.3) is 5.91 Å². The Morgan fingerprint density at radius 2 is 1.65 bits per heavy atom. The molecule has 3 aromatic rings. The third kappa shape index (κ3) is 4.87. The average molecular weight is 437 g/mol. The van der Waals surface area contributed by atoms with Crippen LogP contribution in [-0.2, 0) is 12.7 Å². The lowest BCUT2D eigenvalue weighted by Gasteiger charge is -2.12. The fourth-order valence-electron chi connectivity index (χ4n) is 2.72. The van der Waals surface area contributed by atoms with Crippen molar-refractivity contribution in [1.29, 1.82) is 0 Å². The lowest BCUT2D eigenvalue weighted by molar-refractivity contribution is -0.137.